The van der Waals surface area contributed by atoms with Crippen LogP contribution in [0.25, 0.3) is 16.6 Å². The van der Waals surface area contributed by atoms with E-state index in [2.05, 4.69) is 10.4 Å². The highest BCUT2D eigenvalue weighted by molar-refractivity contribution is 5.92. The fourth-order valence-electron chi connectivity index (χ4n) is 3.14. The molecule has 0 saturated heterocycles. The van der Waals surface area contributed by atoms with Gasteiger partial charge in [0, 0.05) is 11.8 Å². The molecule has 1 N–H and O–H groups in total. The van der Waals surface area contributed by atoms with Crippen LogP contribution in [-0.2, 0) is 11.3 Å². The van der Waals surface area contributed by atoms with Crippen molar-refractivity contribution in [2.45, 2.75) is 20.4 Å². The van der Waals surface area contributed by atoms with Crippen molar-refractivity contribution in [3.05, 3.63) is 76.2 Å². The Kier molecular flexibility index (Phi) is 3.80. The van der Waals surface area contributed by atoms with E-state index in [9.17, 15) is 9.59 Å². The summed E-state index contributed by atoms with van der Waals surface area (Å²) in [6.45, 7) is 3.72. The summed E-state index contributed by atoms with van der Waals surface area (Å²) in [5.74, 6) is -0.252. The van der Waals surface area contributed by atoms with E-state index in [1.54, 1.807) is 10.6 Å². The van der Waals surface area contributed by atoms with Gasteiger partial charge in [-0.1, -0.05) is 30.3 Å². The second kappa shape index (κ2) is 6.15. The molecule has 0 bridgehead atoms. The summed E-state index contributed by atoms with van der Waals surface area (Å²) in [5, 5.41) is 7.88. The van der Waals surface area contributed by atoms with Gasteiger partial charge in [0.1, 0.15) is 12.2 Å². The number of fused-ring (bicyclic) bond motifs is 3. The Morgan fingerprint density at radius 2 is 1.81 bits per heavy atom. The highest BCUT2D eigenvalue weighted by atomic mass is 16.2. The number of amides is 1. The van der Waals surface area contributed by atoms with Crippen molar-refractivity contribution in [3.63, 3.8) is 0 Å². The lowest BCUT2D eigenvalue weighted by Gasteiger charge is -2.12. The predicted octanol–water partition coefficient (Wildman–Crippen LogP) is 2.90. The quantitative estimate of drug-likeness (QED) is 0.620. The Balaban J connectivity index is 1.80. The SMILES string of the molecule is Cc1cc2n(CC(=O)Nc3ccccc3C)c(=O)c3ccccc3n2n1. The first-order chi connectivity index (χ1) is 12.5. The first-order valence-corrected chi connectivity index (χ1v) is 8.38. The minimum absolute atomic E-state index is 0.0768. The van der Waals surface area contributed by atoms with E-state index in [1.807, 2.05) is 62.4 Å². The molecular formula is C20H18N4O2. The number of hydrogen-bond acceptors (Lipinski definition) is 3. The second-order valence-corrected chi connectivity index (χ2v) is 6.33. The molecule has 130 valence electrons. The van der Waals surface area contributed by atoms with Gasteiger partial charge in [0.25, 0.3) is 5.56 Å². The number of nitrogens with one attached hydrogen (secondary N) is 1. The van der Waals surface area contributed by atoms with Crippen molar-refractivity contribution in [3.8, 4) is 0 Å². The Labute approximate surface area is 149 Å². The normalized spacial score (nSPS) is 11.2. The van der Waals surface area contributed by atoms with Gasteiger partial charge in [-0.3, -0.25) is 14.2 Å². The number of aryl methyl sites for hydroxylation is 2. The van der Waals surface area contributed by atoms with Crippen molar-refractivity contribution >= 4 is 28.1 Å². The summed E-state index contributed by atoms with van der Waals surface area (Å²) in [7, 11) is 0. The molecule has 0 aliphatic rings. The van der Waals surface area contributed by atoms with Crippen LogP contribution in [0.2, 0.25) is 0 Å². The van der Waals surface area contributed by atoms with Gasteiger partial charge in [-0.25, -0.2) is 4.52 Å². The minimum Gasteiger partial charge on any atom is -0.324 e. The number of carbonyl (C=O) groups is 1. The summed E-state index contributed by atoms with van der Waals surface area (Å²) in [4.78, 5) is 25.5. The van der Waals surface area contributed by atoms with Crippen molar-refractivity contribution in [2.24, 2.45) is 0 Å². The lowest BCUT2D eigenvalue weighted by atomic mass is 10.2. The zero-order valence-electron chi connectivity index (χ0n) is 14.6. The fraction of sp³-hybridized carbons (Fsp3) is 0.150. The molecule has 0 radical (unpaired) electrons. The highest BCUT2D eigenvalue weighted by Crippen LogP contribution is 2.16. The highest BCUT2D eigenvalue weighted by Gasteiger charge is 2.15. The number of hydrogen-bond donors (Lipinski definition) is 1. The van der Waals surface area contributed by atoms with Gasteiger partial charge >= 0.3 is 0 Å². The molecule has 0 spiro atoms. The molecule has 6 nitrogen and oxygen atoms in total. The summed E-state index contributed by atoms with van der Waals surface area (Å²) in [6, 6.07) is 16.6. The molecule has 2 aromatic carbocycles. The van der Waals surface area contributed by atoms with Gasteiger partial charge in [-0.05, 0) is 37.6 Å². The van der Waals surface area contributed by atoms with E-state index in [-0.39, 0.29) is 18.0 Å². The van der Waals surface area contributed by atoms with Crippen LogP contribution >= 0.6 is 0 Å². The Hall–Kier alpha value is -3.41. The molecule has 0 unspecified atom stereocenters. The summed E-state index contributed by atoms with van der Waals surface area (Å²) >= 11 is 0. The zero-order chi connectivity index (χ0) is 18.3. The summed E-state index contributed by atoms with van der Waals surface area (Å²) < 4.78 is 3.18. The van der Waals surface area contributed by atoms with Gasteiger partial charge < -0.3 is 5.32 Å². The van der Waals surface area contributed by atoms with E-state index < -0.39 is 0 Å². The van der Waals surface area contributed by atoms with Crippen molar-refractivity contribution < 1.29 is 4.79 Å². The molecular weight excluding hydrogens is 328 g/mol. The van der Waals surface area contributed by atoms with Gasteiger partial charge in [0.05, 0.1) is 16.6 Å². The van der Waals surface area contributed by atoms with Crippen LogP contribution in [0.4, 0.5) is 5.69 Å². The van der Waals surface area contributed by atoms with Gasteiger partial charge in [0.2, 0.25) is 5.91 Å². The molecule has 2 aromatic heterocycles. The average Bonchev–Trinajstić information content (AvgIpc) is 3.02. The van der Waals surface area contributed by atoms with Crippen LogP contribution in [0.1, 0.15) is 11.3 Å². The number of aromatic nitrogens is 3. The molecule has 4 rings (SSSR count). The van der Waals surface area contributed by atoms with Crippen LogP contribution < -0.4 is 10.9 Å². The number of nitrogens with zero attached hydrogens (tertiary/aromatic N) is 3. The number of carbonyl (C=O) groups excluding carboxylic acids is 1. The van der Waals surface area contributed by atoms with Crippen molar-refractivity contribution in [1.82, 2.24) is 14.2 Å². The minimum atomic E-state index is -0.252. The van der Waals surface area contributed by atoms with E-state index in [0.717, 1.165) is 22.5 Å². The number of anilines is 1. The Morgan fingerprint density at radius 3 is 2.62 bits per heavy atom. The van der Waals surface area contributed by atoms with Crippen molar-refractivity contribution in [2.75, 3.05) is 5.32 Å². The molecule has 1 amide bonds. The fourth-order valence-corrected chi connectivity index (χ4v) is 3.14. The molecule has 0 aliphatic carbocycles. The zero-order valence-corrected chi connectivity index (χ0v) is 14.6. The second-order valence-electron chi connectivity index (χ2n) is 6.33. The van der Waals surface area contributed by atoms with Crippen LogP contribution in [0.5, 0.6) is 0 Å². The summed E-state index contributed by atoms with van der Waals surface area (Å²) in [5.41, 5.74) is 3.63. The maximum absolute atomic E-state index is 12.9. The first-order valence-electron chi connectivity index (χ1n) is 8.38. The standard InChI is InChI=1S/C20H18N4O2/c1-13-7-3-5-9-16(13)21-18(25)12-23-19-11-14(2)22-24(19)17-10-6-4-8-15(17)20(23)26/h3-11H,12H2,1-2H3,(H,21,25). The number of benzene rings is 2. The lowest BCUT2D eigenvalue weighted by Crippen LogP contribution is -2.29. The number of para-hydroxylation sites is 2. The Bertz CT molecular complexity index is 1200. The third-order valence-electron chi connectivity index (χ3n) is 4.42. The van der Waals surface area contributed by atoms with Gasteiger partial charge in [-0.15, -0.1) is 0 Å². The monoisotopic (exact) mass is 346 g/mol. The first kappa shape index (κ1) is 16.1. The molecule has 0 saturated carbocycles. The molecule has 2 heterocycles. The average molecular weight is 346 g/mol. The largest absolute Gasteiger partial charge is 0.324 e. The summed E-state index contributed by atoms with van der Waals surface area (Å²) in [6.07, 6.45) is 0. The maximum atomic E-state index is 12.9. The van der Waals surface area contributed by atoms with E-state index in [0.29, 0.717) is 11.0 Å². The van der Waals surface area contributed by atoms with E-state index in [1.165, 1.54) is 4.57 Å². The van der Waals surface area contributed by atoms with Crippen LogP contribution in [-0.4, -0.2) is 20.1 Å². The van der Waals surface area contributed by atoms with E-state index in [4.69, 9.17) is 0 Å². The van der Waals surface area contributed by atoms with E-state index >= 15 is 0 Å². The molecule has 4 aromatic rings. The lowest BCUT2D eigenvalue weighted by molar-refractivity contribution is -0.116. The number of rotatable bonds is 3. The third-order valence-corrected chi connectivity index (χ3v) is 4.42. The van der Waals surface area contributed by atoms with Crippen molar-refractivity contribution in [1.29, 1.82) is 0 Å². The molecule has 6 heteroatoms. The van der Waals surface area contributed by atoms with Crippen LogP contribution in [0.15, 0.2) is 59.4 Å². The molecule has 0 atom stereocenters. The molecule has 0 aliphatic heterocycles. The van der Waals surface area contributed by atoms with Gasteiger partial charge in [-0.2, -0.15) is 5.10 Å². The van der Waals surface area contributed by atoms with Crippen LogP contribution in [0.3, 0.4) is 0 Å². The predicted molar refractivity (Wildman–Crippen MR) is 102 cm³/mol. The molecule has 26 heavy (non-hydrogen) atoms. The smallest absolute Gasteiger partial charge is 0.262 e. The Morgan fingerprint density at radius 1 is 1.08 bits per heavy atom. The topological polar surface area (TPSA) is 68.4 Å². The van der Waals surface area contributed by atoms with Gasteiger partial charge in [0.15, 0.2) is 0 Å². The van der Waals surface area contributed by atoms with Crippen LogP contribution in [0, 0.1) is 13.8 Å². The molecule has 0 fully saturated rings. The maximum Gasteiger partial charge on any atom is 0.262 e. The third kappa shape index (κ3) is 2.65.